The van der Waals surface area contributed by atoms with Crippen LogP contribution in [0.4, 0.5) is 0 Å². The highest BCUT2D eigenvalue weighted by Gasteiger charge is 2.12. The number of carbonyl (C=O) groups is 2. The Morgan fingerprint density at radius 3 is 1.88 bits per heavy atom. The van der Waals surface area contributed by atoms with E-state index in [1.807, 2.05) is 6.92 Å². The van der Waals surface area contributed by atoms with Crippen molar-refractivity contribution in [1.29, 1.82) is 0 Å². The summed E-state index contributed by atoms with van der Waals surface area (Å²) in [6.07, 6.45) is 9.65. The summed E-state index contributed by atoms with van der Waals surface area (Å²) in [4.78, 5) is 24.5. The van der Waals surface area contributed by atoms with Crippen LogP contribution in [-0.2, 0) is 4.74 Å². The first-order chi connectivity index (χ1) is 16.0. The van der Waals surface area contributed by atoms with E-state index in [-0.39, 0.29) is 5.97 Å². The zero-order chi connectivity index (χ0) is 23.9. The van der Waals surface area contributed by atoms with Gasteiger partial charge in [0.25, 0.3) is 0 Å². The van der Waals surface area contributed by atoms with E-state index in [4.69, 9.17) is 14.2 Å². The molecule has 0 aliphatic heterocycles. The number of hydrogen-bond acceptors (Lipinski definition) is 5. The zero-order valence-electron chi connectivity index (χ0n) is 20.3. The minimum absolute atomic E-state index is 0.325. The van der Waals surface area contributed by atoms with Gasteiger partial charge in [-0.15, -0.1) is 0 Å². The molecule has 0 spiro atoms. The molecule has 2 aromatic carbocycles. The van der Waals surface area contributed by atoms with Crippen molar-refractivity contribution in [3.8, 4) is 11.5 Å². The van der Waals surface area contributed by atoms with Crippen molar-refractivity contribution in [3.63, 3.8) is 0 Å². The first kappa shape index (κ1) is 26.4. The average molecular weight is 455 g/mol. The van der Waals surface area contributed by atoms with Crippen LogP contribution in [0.1, 0.15) is 92.9 Å². The second-order valence-corrected chi connectivity index (χ2v) is 8.52. The van der Waals surface area contributed by atoms with Crippen molar-refractivity contribution >= 4 is 11.9 Å². The normalized spacial score (nSPS) is 11.6. The third-order valence-corrected chi connectivity index (χ3v) is 5.60. The maximum atomic E-state index is 12.4. The maximum Gasteiger partial charge on any atom is 0.343 e. The van der Waals surface area contributed by atoms with Crippen LogP contribution < -0.4 is 9.47 Å². The molecule has 0 amide bonds. The van der Waals surface area contributed by atoms with Crippen LogP contribution in [-0.4, -0.2) is 25.2 Å². The number of rotatable bonds is 15. The number of benzene rings is 2. The molecule has 0 aliphatic rings. The Hall–Kier alpha value is -2.82. The summed E-state index contributed by atoms with van der Waals surface area (Å²) in [6.45, 7) is 7.39. The standard InChI is InChI=1S/C28H38O5/c1-4-6-7-8-9-10-11-20-31-25-16-12-24(13-17-25)28(30)33-26-18-14-23(15-19-26)27(29)32-21-22(3)5-2/h12-19,22H,4-11,20-21H2,1-3H3. The molecule has 33 heavy (non-hydrogen) atoms. The highest BCUT2D eigenvalue weighted by Crippen LogP contribution is 2.18. The van der Waals surface area contributed by atoms with Crippen molar-refractivity contribution in [3.05, 3.63) is 59.7 Å². The van der Waals surface area contributed by atoms with Crippen molar-refractivity contribution in [2.45, 2.75) is 72.1 Å². The van der Waals surface area contributed by atoms with Gasteiger partial charge in [-0.05, 0) is 60.9 Å². The third-order valence-electron chi connectivity index (χ3n) is 5.60. The second-order valence-electron chi connectivity index (χ2n) is 8.52. The Bertz CT molecular complexity index is 826. The molecular formula is C28H38O5. The fraction of sp³-hybridized carbons (Fsp3) is 0.500. The molecule has 2 aromatic rings. The monoisotopic (exact) mass is 454 g/mol. The molecule has 0 radical (unpaired) electrons. The molecule has 0 fully saturated rings. The van der Waals surface area contributed by atoms with Gasteiger partial charge in [0.05, 0.1) is 24.3 Å². The Morgan fingerprint density at radius 1 is 0.727 bits per heavy atom. The second kappa shape index (κ2) is 15.1. The Balaban J connectivity index is 1.73. The zero-order valence-corrected chi connectivity index (χ0v) is 20.3. The smallest absolute Gasteiger partial charge is 0.343 e. The quantitative estimate of drug-likeness (QED) is 0.161. The summed E-state index contributed by atoms with van der Waals surface area (Å²) in [5.74, 6) is 0.614. The van der Waals surface area contributed by atoms with Crippen LogP contribution in [0.5, 0.6) is 11.5 Å². The summed E-state index contributed by atoms with van der Waals surface area (Å²) in [5, 5.41) is 0. The first-order valence-corrected chi connectivity index (χ1v) is 12.3. The SMILES string of the molecule is CCCCCCCCCOc1ccc(C(=O)Oc2ccc(C(=O)OCC(C)CC)cc2)cc1. The summed E-state index contributed by atoms with van der Waals surface area (Å²) in [5.41, 5.74) is 0.871. The van der Waals surface area contributed by atoms with E-state index in [2.05, 4.69) is 13.8 Å². The van der Waals surface area contributed by atoms with E-state index in [1.54, 1.807) is 48.5 Å². The predicted molar refractivity (Wildman–Crippen MR) is 131 cm³/mol. The maximum absolute atomic E-state index is 12.4. The van der Waals surface area contributed by atoms with Gasteiger partial charge < -0.3 is 14.2 Å². The number of esters is 2. The van der Waals surface area contributed by atoms with Crippen molar-refractivity contribution < 1.29 is 23.8 Å². The molecule has 0 saturated heterocycles. The van der Waals surface area contributed by atoms with Gasteiger partial charge in [0.15, 0.2) is 0 Å². The Kier molecular flexibility index (Phi) is 12.1. The number of ether oxygens (including phenoxy) is 3. The first-order valence-electron chi connectivity index (χ1n) is 12.3. The molecule has 0 N–H and O–H groups in total. The number of carbonyl (C=O) groups excluding carboxylic acids is 2. The lowest BCUT2D eigenvalue weighted by molar-refractivity contribution is 0.0447. The number of hydrogen-bond donors (Lipinski definition) is 0. The molecular weight excluding hydrogens is 416 g/mol. The lowest BCUT2D eigenvalue weighted by Gasteiger charge is -2.10. The minimum atomic E-state index is -0.458. The molecule has 2 rings (SSSR count). The summed E-state index contributed by atoms with van der Waals surface area (Å²) in [7, 11) is 0. The Morgan fingerprint density at radius 2 is 1.27 bits per heavy atom. The van der Waals surface area contributed by atoms with Gasteiger partial charge in [-0.3, -0.25) is 0 Å². The van der Waals surface area contributed by atoms with Gasteiger partial charge in [0.2, 0.25) is 0 Å². The van der Waals surface area contributed by atoms with Crippen LogP contribution in [0.15, 0.2) is 48.5 Å². The van der Waals surface area contributed by atoms with Crippen LogP contribution >= 0.6 is 0 Å². The van der Waals surface area contributed by atoms with Crippen molar-refractivity contribution in [2.75, 3.05) is 13.2 Å². The van der Waals surface area contributed by atoms with Crippen LogP contribution in [0.2, 0.25) is 0 Å². The largest absolute Gasteiger partial charge is 0.494 e. The summed E-state index contributed by atoms with van der Waals surface area (Å²) in [6, 6.07) is 13.4. The van der Waals surface area contributed by atoms with Crippen LogP contribution in [0.25, 0.3) is 0 Å². The van der Waals surface area contributed by atoms with Crippen molar-refractivity contribution in [1.82, 2.24) is 0 Å². The average Bonchev–Trinajstić information content (AvgIpc) is 2.84. The topological polar surface area (TPSA) is 61.8 Å². The molecule has 0 bridgehead atoms. The van der Waals surface area contributed by atoms with E-state index < -0.39 is 5.97 Å². The molecule has 0 saturated carbocycles. The van der Waals surface area contributed by atoms with Gasteiger partial charge in [-0.2, -0.15) is 0 Å². The van der Waals surface area contributed by atoms with E-state index in [0.717, 1.165) is 18.6 Å². The van der Waals surface area contributed by atoms with Crippen LogP contribution in [0, 0.1) is 5.92 Å². The van der Waals surface area contributed by atoms with Crippen LogP contribution in [0.3, 0.4) is 0 Å². The summed E-state index contributed by atoms with van der Waals surface area (Å²) >= 11 is 0. The van der Waals surface area contributed by atoms with E-state index in [9.17, 15) is 9.59 Å². The third kappa shape index (κ3) is 10.1. The lowest BCUT2D eigenvalue weighted by atomic mass is 10.1. The molecule has 180 valence electrons. The van der Waals surface area contributed by atoms with Gasteiger partial charge >= 0.3 is 11.9 Å². The molecule has 1 atom stereocenters. The van der Waals surface area contributed by atoms with E-state index in [1.165, 1.54) is 38.5 Å². The van der Waals surface area contributed by atoms with Gasteiger partial charge in [0.1, 0.15) is 11.5 Å². The fourth-order valence-corrected chi connectivity index (χ4v) is 3.18. The van der Waals surface area contributed by atoms with Gasteiger partial charge in [-0.1, -0.05) is 65.7 Å². The predicted octanol–water partition coefficient (Wildman–Crippen LogP) is 7.24. The minimum Gasteiger partial charge on any atom is -0.494 e. The molecule has 0 aromatic heterocycles. The van der Waals surface area contributed by atoms with E-state index in [0.29, 0.717) is 36.0 Å². The van der Waals surface area contributed by atoms with E-state index >= 15 is 0 Å². The number of unbranched alkanes of at least 4 members (excludes halogenated alkanes) is 6. The highest BCUT2D eigenvalue weighted by atomic mass is 16.5. The molecule has 1 unspecified atom stereocenters. The summed E-state index contributed by atoms with van der Waals surface area (Å²) < 4.78 is 16.5. The lowest BCUT2D eigenvalue weighted by Crippen LogP contribution is -2.12. The fourth-order valence-electron chi connectivity index (χ4n) is 3.18. The molecule has 0 aliphatic carbocycles. The molecule has 5 nitrogen and oxygen atoms in total. The van der Waals surface area contributed by atoms with Gasteiger partial charge in [0, 0.05) is 0 Å². The van der Waals surface area contributed by atoms with Gasteiger partial charge in [-0.25, -0.2) is 9.59 Å². The van der Waals surface area contributed by atoms with Crippen molar-refractivity contribution in [2.24, 2.45) is 5.92 Å². The molecule has 5 heteroatoms. The molecule has 0 heterocycles. The highest BCUT2D eigenvalue weighted by molar-refractivity contribution is 5.92. The Labute approximate surface area is 198 Å².